The molecule has 2 aliphatic heterocycles. The summed E-state index contributed by atoms with van der Waals surface area (Å²) in [5.74, 6) is -0.816. The fourth-order valence-electron chi connectivity index (χ4n) is 4.62. The summed E-state index contributed by atoms with van der Waals surface area (Å²) in [5, 5.41) is 9.93. The molecule has 5 nitrogen and oxygen atoms in total. The number of carboxylic acid groups (broad SMARTS) is 1. The maximum Gasteiger partial charge on any atom is 0.314 e. The lowest BCUT2D eigenvalue weighted by atomic mass is 9.73. The molecule has 2 fully saturated rings. The minimum atomic E-state index is -0.907. The van der Waals surface area contributed by atoms with Crippen molar-refractivity contribution < 1.29 is 14.7 Å². The first-order valence-corrected chi connectivity index (χ1v) is 10.5. The Kier molecular flexibility index (Phi) is 5.56. The average Bonchev–Trinajstić information content (AvgIpc) is 2.80. The van der Waals surface area contributed by atoms with Crippen molar-refractivity contribution >= 4 is 17.6 Å². The summed E-state index contributed by atoms with van der Waals surface area (Å²) in [6, 6.07) is 17.3. The lowest BCUT2D eigenvalue weighted by Crippen LogP contribution is -2.49. The molecule has 0 radical (unpaired) electrons. The van der Waals surface area contributed by atoms with E-state index in [1.807, 2.05) is 54.6 Å². The largest absolute Gasteiger partial charge is 0.481 e. The van der Waals surface area contributed by atoms with Gasteiger partial charge in [-0.3, -0.25) is 9.59 Å². The Labute approximate surface area is 171 Å². The van der Waals surface area contributed by atoms with Crippen molar-refractivity contribution in [1.29, 1.82) is 0 Å². The molecule has 0 spiro atoms. The molecule has 29 heavy (non-hydrogen) atoms. The zero-order valence-corrected chi connectivity index (χ0v) is 16.7. The van der Waals surface area contributed by atoms with Crippen LogP contribution in [0.1, 0.15) is 48.0 Å². The van der Waals surface area contributed by atoms with Crippen LogP contribution in [0.5, 0.6) is 0 Å². The summed E-state index contributed by atoms with van der Waals surface area (Å²) in [6.45, 7) is 3.06. The number of anilines is 1. The van der Waals surface area contributed by atoms with Crippen LogP contribution in [-0.2, 0) is 10.2 Å². The SMILES string of the molecule is O=C(c1ccc(N2CCCCC2)cc1)N1CCC(C(=O)O)(c2ccccc2)CC1. The highest BCUT2D eigenvalue weighted by Crippen LogP contribution is 2.36. The molecule has 0 aliphatic carbocycles. The monoisotopic (exact) mass is 392 g/mol. The number of benzene rings is 2. The van der Waals surface area contributed by atoms with Gasteiger partial charge < -0.3 is 14.9 Å². The van der Waals surface area contributed by atoms with Gasteiger partial charge in [0.2, 0.25) is 0 Å². The second-order valence-corrected chi connectivity index (χ2v) is 8.14. The third-order valence-corrected chi connectivity index (χ3v) is 6.48. The fourth-order valence-corrected chi connectivity index (χ4v) is 4.62. The third-order valence-electron chi connectivity index (χ3n) is 6.48. The highest BCUT2D eigenvalue weighted by atomic mass is 16.4. The van der Waals surface area contributed by atoms with Crippen LogP contribution in [0, 0.1) is 0 Å². The highest BCUT2D eigenvalue weighted by molar-refractivity contribution is 5.95. The van der Waals surface area contributed by atoms with Gasteiger partial charge in [0.05, 0.1) is 5.41 Å². The second kappa shape index (κ2) is 8.27. The summed E-state index contributed by atoms with van der Waals surface area (Å²) < 4.78 is 0. The van der Waals surface area contributed by atoms with Crippen LogP contribution >= 0.6 is 0 Å². The summed E-state index contributed by atoms with van der Waals surface area (Å²) in [6.07, 6.45) is 4.61. The normalized spacial score (nSPS) is 19.0. The molecule has 0 saturated carbocycles. The van der Waals surface area contributed by atoms with E-state index in [1.54, 1.807) is 4.90 Å². The number of rotatable bonds is 4. The molecule has 0 unspecified atom stereocenters. The quantitative estimate of drug-likeness (QED) is 0.856. The number of nitrogens with zero attached hydrogens (tertiary/aromatic N) is 2. The van der Waals surface area contributed by atoms with Crippen LogP contribution in [0.4, 0.5) is 5.69 Å². The number of carbonyl (C=O) groups excluding carboxylic acids is 1. The van der Waals surface area contributed by atoms with Crippen LogP contribution in [-0.4, -0.2) is 48.1 Å². The van der Waals surface area contributed by atoms with Crippen molar-refractivity contribution in [2.24, 2.45) is 0 Å². The lowest BCUT2D eigenvalue weighted by Gasteiger charge is -2.39. The topological polar surface area (TPSA) is 60.9 Å². The van der Waals surface area contributed by atoms with E-state index in [1.165, 1.54) is 24.9 Å². The molecular weight excluding hydrogens is 364 g/mol. The first-order valence-electron chi connectivity index (χ1n) is 10.5. The van der Waals surface area contributed by atoms with Gasteiger partial charge in [-0.25, -0.2) is 0 Å². The Morgan fingerprint density at radius 3 is 2.00 bits per heavy atom. The van der Waals surface area contributed by atoms with Crippen molar-refractivity contribution in [1.82, 2.24) is 4.90 Å². The third kappa shape index (κ3) is 3.86. The van der Waals surface area contributed by atoms with Gasteiger partial charge in [-0.1, -0.05) is 30.3 Å². The Bertz CT molecular complexity index is 849. The molecule has 2 aromatic rings. The number of amides is 1. The molecule has 1 amide bonds. The van der Waals surface area contributed by atoms with Gasteiger partial charge in [0.1, 0.15) is 0 Å². The van der Waals surface area contributed by atoms with Crippen LogP contribution in [0.15, 0.2) is 54.6 Å². The van der Waals surface area contributed by atoms with Crippen molar-refractivity contribution in [2.75, 3.05) is 31.1 Å². The molecule has 0 aromatic heterocycles. The molecule has 5 heteroatoms. The molecular formula is C24H28N2O3. The van der Waals surface area contributed by atoms with Gasteiger partial charge in [-0.05, 0) is 61.9 Å². The highest BCUT2D eigenvalue weighted by Gasteiger charge is 2.43. The molecule has 2 aliphatic rings. The molecule has 1 N–H and O–H groups in total. The summed E-state index contributed by atoms with van der Waals surface area (Å²) in [4.78, 5) is 29.2. The summed E-state index contributed by atoms with van der Waals surface area (Å²) in [5.41, 5.74) is 1.77. The molecule has 2 aromatic carbocycles. The van der Waals surface area contributed by atoms with Gasteiger partial charge in [-0.2, -0.15) is 0 Å². The van der Waals surface area contributed by atoms with Gasteiger partial charge in [0, 0.05) is 37.4 Å². The first kappa shape index (κ1) is 19.5. The molecule has 152 valence electrons. The van der Waals surface area contributed by atoms with E-state index >= 15 is 0 Å². The fraction of sp³-hybridized carbons (Fsp3) is 0.417. The van der Waals surface area contributed by atoms with E-state index in [0.29, 0.717) is 31.5 Å². The van der Waals surface area contributed by atoms with Gasteiger partial charge in [-0.15, -0.1) is 0 Å². The minimum absolute atomic E-state index is 0.0118. The number of carboxylic acids is 1. The standard InChI is InChI=1S/C24H28N2O3/c27-22(19-9-11-21(12-10-19)25-15-5-2-6-16-25)26-17-13-24(14-18-26,23(28)29)20-7-3-1-4-8-20/h1,3-4,7-12H,2,5-6,13-18H2,(H,28,29). The molecule has 2 heterocycles. The number of hydrogen-bond acceptors (Lipinski definition) is 3. The van der Waals surface area contributed by atoms with E-state index < -0.39 is 11.4 Å². The van der Waals surface area contributed by atoms with Gasteiger partial charge >= 0.3 is 5.97 Å². The van der Waals surface area contributed by atoms with Crippen molar-refractivity contribution in [3.05, 3.63) is 65.7 Å². The van der Waals surface area contributed by atoms with Crippen LogP contribution in [0.2, 0.25) is 0 Å². The predicted octanol–water partition coefficient (Wildman–Crippen LogP) is 3.94. The number of likely N-dealkylation sites (tertiary alicyclic amines) is 1. The Hall–Kier alpha value is -2.82. The Morgan fingerprint density at radius 1 is 0.793 bits per heavy atom. The molecule has 4 rings (SSSR count). The van der Waals surface area contributed by atoms with E-state index in [0.717, 1.165) is 18.7 Å². The first-order chi connectivity index (χ1) is 14.1. The lowest BCUT2D eigenvalue weighted by molar-refractivity contribution is -0.145. The van der Waals surface area contributed by atoms with Crippen molar-refractivity contribution in [3.63, 3.8) is 0 Å². The zero-order chi connectivity index (χ0) is 20.3. The number of hydrogen-bond donors (Lipinski definition) is 1. The van der Waals surface area contributed by atoms with Crippen molar-refractivity contribution in [3.8, 4) is 0 Å². The van der Waals surface area contributed by atoms with Crippen LogP contribution in [0.25, 0.3) is 0 Å². The number of aliphatic carboxylic acids is 1. The molecule has 0 atom stereocenters. The number of piperidine rings is 2. The summed E-state index contributed by atoms with van der Waals surface area (Å²) in [7, 11) is 0. The van der Waals surface area contributed by atoms with Crippen LogP contribution < -0.4 is 4.90 Å². The molecule has 2 saturated heterocycles. The van der Waals surface area contributed by atoms with E-state index in [-0.39, 0.29) is 5.91 Å². The average molecular weight is 392 g/mol. The second-order valence-electron chi connectivity index (χ2n) is 8.14. The predicted molar refractivity (Wildman–Crippen MR) is 113 cm³/mol. The maximum atomic E-state index is 13.0. The van der Waals surface area contributed by atoms with Crippen LogP contribution in [0.3, 0.4) is 0 Å². The summed E-state index contributed by atoms with van der Waals surface area (Å²) >= 11 is 0. The zero-order valence-electron chi connectivity index (χ0n) is 16.7. The van der Waals surface area contributed by atoms with E-state index in [2.05, 4.69) is 4.90 Å². The molecule has 0 bridgehead atoms. The van der Waals surface area contributed by atoms with Gasteiger partial charge in [0.25, 0.3) is 5.91 Å². The number of carbonyl (C=O) groups is 2. The minimum Gasteiger partial charge on any atom is -0.481 e. The Balaban J connectivity index is 1.44. The van der Waals surface area contributed by atoms with E-state index in [9.17, 15) is 14.7 Å². The van der Waals surface area contributed by atoms with Crippen molar-refractivity contribution in [2.45, 2.75) is 37.5 Å². The Morgan fingerprint density at radius 2 is 1.41 bits per heavy atom. The maximum absolute atomic E-state index is 13.0. The van der Waals surface area contributed by atoms with E-state index in [4.69, 9.17) is 0 Å². The smallest absolute Gasteiger partial charge is 0.314 e. The van der Waals surface area contributed by atoms with Gasteiger partial charge in [0.15, 0.2) is 0 Å².